The summed E-state index contributed by atoms with van der Waals surface area (Å²) >= 11 is 0. The van der Waals surface area contributed by atoms with Gasteiger partial charge >= 0.3 is 0 Å². The molecule has 1 nitrogen and oxygen atoms in total. The van der Waals surface area contributed by atoms with Crippen LogP contribution in [-0.4, -0.2) is 0 Å². The monoisotopic (exact) mass is 241 g/mol. The van der Waals surface area contributed by atoms with Gasteiger partial charge in [0.1, 0.15) is 23.1 Å². The fraction of sp³-hybridized carbons (Fsp3) is 0. The van der Waals surface area contributed by atoms with Gasteiger partial charge in [0, 0.05) is 11.6 Å². The number of halogens is 4. The van der Waals surface area contributed by atoms with Gasteiger partial charge in [-0.1, -0.05) is 0 Å². The van der Waals surface area contributed by atoms with E-state index in [9.17, 15) is 17.6 Å². The lowest BCUT2D eigenvalue weighted by Gasteiger charge is -2.07. The van der Waals surface area contributed by atoms with Crippen LogP contribution in [0.1, 0.15) is 0 Å². The molecule has 0 saturated heterocycles. The second-order valence-electron chi connectivity index (χ2n) is 3.48. The maximum atomic E-state index is 13.6. The zero-order valence-corrected chi connectivity index (χ0v) is 8.48. The van der Waals surface area contributed by atoms with Crippen LogP contribution < -0.4 is 5.73 Å². The Morgan fingerprint density at radius 1 is 0.824 bits per heavy atom. The fourth-order valence-corrected chi connectivity index (χ4v) is 1.50. The van der Waals surface area contributed by atoms with E-state index in [-0.39, 0.29) is 11.1 Å². The largest absolute Gasteiger partial charge is 0.394 e. The van der Waals surface area contributed by atoms with Crippen molar-refractivity contribution in [3.05, 3.63) is 53.6 Å². The lowest BCUT2D eigenvalue weighted by molar-refractivity contribution is 0.582. The molecule has 2 aromatic rings. The highest BCUT2D eigenvalue weighted by molar-refractivity contribution is 5.68. The van der Waals surface area contributed by atoms with E-state index < -0.39 is 29.0 Å². The first-order valence-electron chi connectivity index (χ1n) is 4.69. The highest BCUT2D eigenvalue weighted by Crippen LogP contribution is 2.29. The minimum absolute atomic E-state index is 0.0355. The molecule has 0 aliphatic carbocycles. The first-order chi connectivity index (χ1) is 7.99. The predicted octanol–water partition coefficient (Wildman–Crippen LogP) is 3.49. The SMILES string of the molecule is Nc1c(F)ccc(-c2cc(F)cc(F)c2)c1F. The van der Waals surface area contributed by atoms with Crippen LogP contribution in [-0.2, 0) is 0 Å². The molecule has 0 amide bonds. The van der Waals surface area contributed by atoms with Gasteiger partial charge in [-0.25, -0.2) is 17.6 Å². The second-order valence-corrected chi connectivity index (χ2v) is 3.48. The molecule has 0 radical (unpaired) electrons. The third kappa shape index (κ3) is 2.08. The smallest absolute Gasteiger partial charge is 0.156 e. The zero-order valence-electron chi connectivity index (χ0n) is 8.48. The molecule has 17 heavy (non-hydrogen) atoms. The van der Waals surface area contributed by atoms with Gasteiger partial charge in [-0.05, 0) is 29.8 Å². The van der Waals surface area contributed by atoms with E-state index >= 15 is 0 Å². The molecule has 0 aliphatic heterocycles. The summed E-state index contributed by atoms with van der Waals surface area (Å²) in [6, 6.07) is 4.57. The van der Waals surface area contributed by atoms with Crippen molar-refractivity contribution in [2.24, 2.45) is 0 Å². The van der Waals surface area contributed by atoms with E-state index in [2.05, 4.69) is 0 Å². The number of benzene rings is 2. The van der Waals surface area contributed by atoms with Gasteiger partial charge in [0.25, 0.3) is 0 Å². The summed E-state index contributed by atoms with van der Waals surface area (Å²) in [5, 5.41) is 0. The van der Waals surface area contributed by atoms with Crippen molar-refractivity contribution in [2.45, 2.75) is 0 Å². The molecule has 5 heteroatoms. The second kappa shape index (κ2) is 4.08. The van der Waals surface area contributed by atoms with E-state index in [0.29, 0.717) is 6.07 Å². The molecule has 0 aromatic heterocycles. The number of nitrogen functional groups attached to an aromatic ring is 1. The van der Waals surface area contributed by atoms with Crippen molar-refractivity contribution in [2.75, 3.05) is 5.73 Å². The van der Waals surface area contributed by atoms with Gasteiger partial charge in [-0.15, -0.1) is 0 Å². The maximum absolute atomic E-state index is 13.6. The molecular weight excluding hydrogens is 234 g/mol. The van der Waals surface area contributed by atoms with E-state index in [1.54, 1.807) is 0 Å². The number of hydrogen-bond acceptors (Lipinski definition) is 1. The third-order valence-electron chi connectivity index (χ3n) is 2.30. The summed E-state index contributed by atoms with van der Waals surface area (Å²) in [4.78, 5) is 0. The molecule has 0 unspecified atom stereocenters. The van der Waals surface area contributed by atoms with Crippen LogP contribution in [0.15, 0.2) is 30.3 Å². The molecule has 0 spiro atoms. The highest BCUT2D eigenvalue weighted by atomic mass is 19.1. The number of nitrogens with two attached hydrogens (primary N) is 1. The number of anilines is 1. The van der Waals surface area contributed by atoms with Crippen molar-refractivity contribution in [3.63, 3.8) is 0 Å². The molecule has 0 bridgehead atoms. The Morgan fingerprint density at radius 3 is 2.00 bits per heavy atom. The molecule has 88 valence electrons. The Balaban J connectivity index is 2.64. The van der Waals surface area contributed by atoms with Crippen LogP contribution in [0.5, 0.6) is 0 Å². The fourth-order valence-electron chi connectivity index (χ4n) is 1.50. The summed E-state index contributed by atoms with van der Waals surface area (Å²) in [6.07, 6.45) is 0. The van der Waals surface area contributed by atoms with Gasteiger partial charge in [-0.2, -0.15) is 0 Å². The lowest BCUT2D eigenvalue weighted by atomic mass is 10.0. The Labute approximate surface area is 94.5 Å². The van der Waals surface area contributed by atoms with E-state index in [0.717, 1.165) is 24.3 Å². The Kier molecular flexibility index (Phi) is 2.75. The minimum Gasteiger partial charge on any atom is -0.394 e. The molecule has 2 aromatic carbocycles. The van der Waals surface area contributed by atoms with Gasteiger partial charge in [0.15, 0.2) is 5.82 Å². The maximum Gasteiger partial charge on any atom is 0.156 e. The first-order valence-corrected chi connectivity index (χ1v) is 4.69. The number of hydrogen-bond donors (Lipinski definition) is 1. The molecule has 0 fully saturated rings. The normalized spacial score (nSPS) is 10.6. The summed E-state index contributed by atoms with van der Waals surface area (Å²) in [5.41, 5.74) is 4.30. The van der Waals surface area contributed by atoms with Crippen LogP contribution in [0.4, 0.5) is 23.2 Å². The topological polar surface area (TPSA) is 26.0 Å². The van der Waals surface area contributed by atoms with Gasteiger partial charge < -0.3 is 5.73 Å². The molecule has 0 aliphatic rings. The zero-order chi connectivity index (χ0) is 12.6. The Bertz CT molecular complexity index is 561. The molecular formula is C12H7F4N. The quantitative estimate of drug-likeness (QED) is 0.600. The van der Waals surface area contributed by atoms with E-state index in [1.807, 2.05) is 0 Å². The molecule has 2 N–H and O–H groups in total. The Hall–Kier alpha value is -2.04. The van der Waals surface area contributed by atoms with Gasteiger partial charge in [0.05, 0.1) is 0 Å². The lowest BCUT2D eigenvalue weighted by Crippen LogP contribution is -1.98. The average Bonchev–Trinajstić information content (AvgIpc) is 2.24. The van der Waals surface area contributed by atoms with Crippen molar-refractivity contribution in [3.8, 4) is 11.1 Å². The summed E-state index contributed by atoms with van der Waals surface area (Å²) < 4.78 is 52.4. The molecule has 0 saturated carbocycles. The van der Waals surface area contributed by atoms with E-state index in [1.165, 1.54) is 0 Å². The van der Waals surface area contributed by atoms with Crippen molar-refractivity contribution < 1.29 is 17.6 Å². The third-order valence-corrected chi connectivity index (χ3v) is 2.30. The van der Waals surface area contributed by atoms with Gasteiger partial charge in [0.2, 0.25) is 0 Å². The van der Waals surface area contributed by atoms with Crippen LogP contribution in [0.2, 0.25) is 0 Å². The minimum atomic E-state index is -1.03. The van der Waals surface area contributed by atoms with Crippen LogP contribution >= 0.6 is 0 Å². The molecule has 0 heterocycles. The summed E-state index contributed by atoms with van der Waals surface area (Å²) in [7, 11) is 0. The first kappa shape index (κ1) is 11.4. The van der Waals surface area contributed by atoms with Crippen molar-refractivity contribution in [1.82, 2.24) is 0 Å². The average molecular weight is 241 g/mol. The van der Waals surface area contributed by atoms with Crippen LogP contribution in [0.3, 0.4) is 0 Å². The van der Waals surface area contributed by atoms with Crippen molar-refractivity contribution in [1.29, 1.82) is 0 Å². The highest BCUT2D eigenvalue weighted by Gasteiger charge is 2.13. The predicted molar refractivity (Wildman–Crippen MR) is 56.1 cm³/mol. The standard InChI is InChI=1S/C12H7F4N/c13-7-3-6(4-8(14)5-7)9-1-2-10(15)12(17)11(9)16/h1-5H,17H2. The van der Waals surface area contributed by atoms with Crippen LogP contribution in [0, 0.1) is 23.3 Å². The van der Waals surface area contributed by atoms with E-state index in [4.69, 9.17) is 5.73 Å². The van der Waals surface area contributed by atoms with Gasteiger partial charge in [-0.3, -0.25) is 0 Å². The van der Waals surface area contributed by atoms with Crippen molar-refractivity contribution >= 4 is 5.69 Å². The number of rotatable bonds is 1. The summed E-state index contributed by atoms with van der Waals surface area (Å²) in [6.45, 7) is 0. The Morgan fingerprint density at radius 2 is 1.41 bits per heavy atom. The molecule has 2 rings (SSSR count). The van der Waals surface area contributed by atoms with Crippen LogP contribution in [0.25, 0.3) is 11.1 Å². The summed E-state index contributed by atoms with van der Waals surface area (Å²) in [5.74, 6) is -3.64. The molecule has 0 atom stereocenters.